The van der Waals surface area contributed by atoms with Gasteiger partial charge in [-0.1, -0.05) is 13.0 Å². The van der Waals surface area contributed by atoms with Crippen molar-refractivity contribution in [3.63, 3.8) is 0 Å². The number of nitrogens with zero attached hydrogens (tertiary/aromatic N) is 1. The van der Waals surface area contributed by atoms with Crippen LogP contribution >= 0.6 is 0 Å². The molecular formula is C12H16N2O. The Morgan fingerprint density at radius 3 is 3.07 bits per heavy atom. The van der Waals surface area contributed by atoms with Gasteiger partial charge in [0, 0.05) is 6.92 Å². The van der Waals surface area contributed by atoms with Crippen LogP contribution in [0.2, 0.25) is 0 Å². The molecule has 0 fully saturated rings. The lowest BCUT2D eigenvalue weighted by atomic mass is 10.1. The molecule has 0 saturated heterocycles. The van der Waals surface area contributed by atoms with Gasteiger partial charge in [-0.3, -0.25) is 0 Å². The predicted octanol–water partition coefficient (Wildman–Crippen LogP) is 2.29. The van der Waals surface area contributed by atoms with Crippen LogP contribution in [0.1, 0.15) is 18.4 Å². The monoisotopic (exact) mass is 204 g/mol. The van der Waals surface area contributed by atoms with Crippen LogP contribution in [-0.4, -0.2) is 18.1 Å². The van der Waals surface area contributed by atoms with Crippen molar-refractivity contribution in [2.75, 3.05) is 13.1 Å². The van der Waals surface area contributed by atoms with Crippen molar-refractivity contribution >= 4 is 11.1 Å². The Morgan fingerprint density at radius 2 is 2.27 bits per heavy atom. The maximum absolute atomic E-state index is 5.48. The molecule has 0 aliphatic heterocycles. The van der Waals surface area contributed by atoms with E-state index in [0.29, 0.717) is 0 Å². The van der Waals surface area contributed by atoms with Crippen molar-refractivity contribution < 1.29 is 4.42 Å². The fourth-order valence-electron chi connectivity index (χ4n) is 1.65. The van der Waals surface area contributed by atoms with E-state index in [1.54, 1.807) is 0 Å². The molecule has 0 unspecified atom stereocenters. The Kier molecular flexibility index (Phi) is 3.02. The first-order chi connectivity index (χ1) is 7.29. The average molecular weight is 204 g/mol. The second kappa shape index (κ2) is 4.45. The summed E-state index contributed by atoms with van der Waals surface area (Å²) in [4.78, 5) is 4.27. The first-order valence-corrected chi connectivity index (χ1v) is 5.36. The van der Waals surface area contributed by atoms with Crippen molar-refractivity contribution in [2.45, 2.75) is 20.3 Å². The van der Waals surface area contributed by atoms with E-state index in [0.717, 1.165) is 36.5 Å². The standard InChI is InChI=1S/C12H16N2O/c1-3-13-7-6-10-4-5-11-12(8-10)15-9(2)14-11/h4-5,8,13H,3,6-7H2,1-2H3. The first-order valence-electron chi connectivity index (χ1n) is 5.36. The number of hydrogen-bond acceptors (Lipinski definition) is 3. The van der Waals surface area contributed by atoms with Crippen LogP contribution < -0.4 is 5.32 Å². The van der Waals surface area contributed by atoms with Crippen LogP contribution in [0.25, 0.3) is 11.1 Å². The predicted molar refractivity (Wildman–Crippen MR) is 61.0 cm³/mol. The zero-order chi connectivity index (χ0) is 10.7. The van der Waals surface area contributed by atoms with Gasteiger partial charge in [0.1, 0.15) is 5.52 Å². The van der Waals surface area contributed by atoms with Crippen molar-refractivity contribution in [1.29, 1.82) is 0 Å². The number of benzene rings is 1. The lowest BCUT2D eigenvalue weighted by molar-refractivity contribution is 0.560. The molecule has 3 heteroatoms. The van der Waals surface area contributed by atoms with Crippen LogP contribution in [0, 0.1) is 6.92 Å². The molecule has 0 radical (unpaired) electrons. The normalized spacial score (nSPS) is 11.1. The van der Waals surface area contributed by atoms with Gasteiger partial charge in [0.05, 0.1) is 0 Å². The molecule has 0 atom stereocenters. The molecular weight excluding hydrogens is 188 g/mol. The van der Waals surface area contributed by atoms with Gasteiger partial charge in [0.25, 0.3) is 0 Å². The van der Waals surface area contributed by atoms with E-state index in [-0.39, 0.29) is 0 Å². The van der Waals surface area contributed by atoms with E-state index in [4.69, 9.17) is 4.42 Å². The number of rotatable bonds is 4. The first kappa shape index (κ1) is 10.2. The van der Waals surface area contributed by atoms with Crippen LogP contribution in [-0.2, 0) is 6.42 Å². The molecule has 15 heavy (non-hydrogen) atoms. The van der Waals surface area contributed by atoms with Gasteiger partial charge in [0.2, 0.25) is 0 Å². The summed E-state index contributed by atoms with van der Waals surface area (Å²) in [5.41, 5.74) is 3.13. The molecule has 0 saturated carbocycles. The summed E-state index contributed by atoms with van der Waals surface area (Å²) in [6, 6.07) is 6.21. The van der Waals surface area contributed by atoms with Gasteiger partial charge in [-0.15, -0.1) is 0 Å². The molecule has 2 aromatic rings. The number of aryl methyl sites for hydroxylation is 1. The molecule has 0 bridgehead atoms. The molecule has 1 heterocycles. The molecule has 1 aromatic carbocycles. The Hall–Kier alpha value is -1.35. The third-order valence-electron chi connectivity index (χ3n) is 2.40. The zero-order valence-corrected chi connectivity index (χ0v) is 9.21. The molecule has 80 valence electrons. The summed E-state index contributed by atoms with van der Waals surface area (Å²) in [6.45, 7) is 6.01. The minimum Gasteiger partial charge on any atom is -0.441 e. The van der Waals surface area contributed by atoms with Gasteiger partial charge < -0.3 is 9.73 Å². The van der Waals surface area contributed by atoms with Crippen LogP contribution in [0.15, 0.2) is 22.6 Å². The minimum absolute atomic E-state index is 0.730. The largest absolute Gasteiger partial charge is 0.441 e. The summed E-state index contributed by atoms with van der Waals surface area (Å²) in [6.07, 6.45) is 1.03. The fourth-order valence-corrected chi connectivity index (χ4v) is 1.65. The maximum Gasteiger partial charge on any atom is 0.192 e. The third kappa shape index (κ3) is 2.36. The second-order valence-corrected chi connectivity index (χ2v) is 3.64. The van der Waals surface area contributed by atoms with Crippen LogP contribution in [0.3, 0.4) is 0 Å². The molecule has 0 spiro atoms. The average Bonchev–Trinajstić information content (AvgIpc) is 2.57. The topological polar surface area (TPSA) is 38.1 Å². The molecule has 1 N–H and O–H groups in total. The summed E-state index contributed by atoms with van der Waals surface area (Å²) in [5.74, 6) is 0.730. The van der Waals surface area contributed by atoms with Gasteiger partial charge >= 0.3 is 0 Å². The SMILES string of the molecule is CCNCCc1ccc2nc(C)oc2c1. The van der Waals surface area contributed by atoms with Crippen molar-refractivity contribution in [3.8, 4) is 0 Å². The van der Waals surface area contributed by atoms with Gasteiger partial charge in [-0.05, 0) is 37.2 Å². The summed E-state index contributed by atoms with van der Waals surface area (Å²) in [7, 11) is 0. The maximum atomic E-state index is 5.48. The molecule has 1 aromatic heterocycles. The summed E-state index contributed by atoms with van der Waals surface area (Å²) >= 11 is 0. The van der Waals surface area contributed by atoms with E-state index >= 15 is 0 Å². The third-order valence-corrected chi connectivity index (χ3v) is 2.40. The number of fused-ring (bicyclic) bond motifs is 1. The number of hydrogen-bond donors (Lipinski definition) is 1. The second-order valence-electron chi connectivity index (χ2n) is 3.64. The van der Waals surface area contributed by atoms with E-state index in [2.05, 4.69) is 29.4 Å². The number of nitrogens with one attached hydrogen (secondary N) is 1. The molecule has 0 aliphatic rings. The highest BCUT2D eigenvalue weighted by molar-refractivity contribution is 5.73. The molecule has 2 rings (SSSR count). The lowest BCUT2D eigenvalue weighted by Crippen LogP contribution is -2.15. The van der Waals surface area contributed by atoms with Crippen molar-refractivity contribution in [3.05, 3.63) is 29.7 Å². The van der Waals surface area contributed by atoms with Gasteiger partial charge in [0.15, 0.2) is 11.5 Å². The van der Waals surface area contributed by atoms with E-state index in [1.807, 2.05) is 13.0 Å². The van der Waals surface area contributed by atoms with Crippen molar-refractivity contribution in [1.82, 2.24) is 10.3 Å². The van der Waals surface area contributed by atoms with Crippen molar-refractivity contribution in [2.24, 2.45) is 0 Å². The number of likely N-dealkylation sites (N-methyl/N-ethyl adjacent to an activating group) is 1. The summed E-state index contributed by atoms with van der Waals surface area (Å²) in [5, 5.41) is 3.30. The van der Waals surface area contributed by atoms with Crippen LogP contribution in [0.5, 0.6) is 0 Å². The minimum atomic E-state index is 0.730. The Bertz CT molecular complexity index is 448. The zero-order valence-electron chi connectivity index (χ0n) is 9.21. The molecule has 0 aliphatic carbocycles. The lowest BCUT2D eigenvalue weighted by Gasteiger charge is -2.01. The van der Waals surface area contributed by atoms with E-state index < -0.39 is 0 Å². The Morgan fingerprint density at radius 1 is 1.40 bits per heavy atom. The Labute approximate surface area is 89.5 Å². The Balaban J connectivity index is 2.15. The van der Waals surface area contributed by atoms with E-state index in [1.165, 1.54) is 5.56 Å². The highest BCUT2D eigenvalue weighted by atomic mass is 16.3. The number of oxazole rings is 1. The smallest absolute Gasteiger partial charge is 0.192 e. The summed E-state index contributed by atoms with van der Waals surface area (Å²) < 4.78 is 5.48. The quantitative estimate of drug-likeness (QED) is 0.776. The highest BCUT2D eigenvalue weighted by Gasteiger charge is 2.02. The van der Waals surface area contributed by atoms with Crippen LogP contribution in [0.4, 0.5) is 0 Å². The number of aromatic nitrogens is 1. The van der Waals surface area contributed by atoms with E-state index in [9.17, 15) is 0 Å². The van der Waals surface area contributed by atoms with Gasteiger partial charge in [-0.25, -0.2) is 4.98 Å². The molecule has 0 amide bonds. The molecule has 3 nitrogen and oxygen atoms in total. The highest BCUT2D eigenvalue weighted by Crippen LogP contribution is 2.16. The van der Waals surface area contributed by atoms with Gasteiger partial charge in [-0.2, -0.15) is 0 Å². The fraction of sp³-hybridized carbons (Fsp3) is 0.417.